The zero-order valence-electron chi connectivity index (χ0n) is 9.32. The first kappa shape index (κ1) is 13.7. The summed E-state index contributed by atoms with van der Waals surface area (Å²) in [4.78, 5) is 23.2. The largest absolute Gasteiger partial charge is 0.481 e. The quantitative estimate of drug-likeness (QED) is 0.615. The Labute approximate surface area is 89.2 Å². The van der Waals surface area contributed by atoms with Gasteiger partial charge >= 0.3 is 12.0 Å². The van der Waals surface area contributed by atoms with Crippen LogP contribution in [0.1, 0.15) is 6.92 Å². The van der Waals surface area contributed by atoms with Crippen LogP contribution in [0.4, 0.5) is 4.79 Å². The molecule has 0 rings (SSSR count). The molecule has 0 saturated carbocycles. The number of carboxylic acids is 1. The molecule has 2 amide bonds. The molecule has 0 aromatic rings. The van der Waals surface area contributed by atoms with E-state index in [2.05, 4.69) is 5.32 Å². The summed E-state index contributed by atoms with van der Waals surface area (Å²) < 4.78 is 4.76. The number of hydrogen-bond donors (Lipinski definition) is 2. The molecule has 0 spiro atoms. The molecule has 0 aliphatic carbocycles. The molecule has 1 atom stereocenters. The van der Waals surface area contributed by atoms with Gasteiger partial charge in [0.2, 0.25) is 0 Å². The predicted molar refractivity (Wildman–Crippen MR) is 54.7 cm³/mol. The molecule has 0 bridgehead atoms. The molecular formula is C9H18N2O4. The van der Waals surface area contributed by atoms with Crippen LogP contribution in [0.25, 0.3) is 0 Å². The van der Waals surface area contributed by atoms with Crippen LogP contribution in [0.5, 0.6) is 0 Å². The monoisotopic (exact) mass is 218 g/mol. The van der Waals surface area contributed by atoms with E-state index in [1.807, 2.05) is 0 Å². The third-order valence-electron chi connectivity index (χ3n) is 1.90. The van der Waals surface area contributed by atoms with E-state index in [0.717, 1.165) is 0 Å². The van der Waals surface area contributed by atoms with E-state index in [1.54, 1.807) is 21.1 Å². The number of carboxylic acid groups (broad SMARTS) is 1. The summed E-state index contributed by atoms with van der Waals surface area (Å²) in [7, 11) is 3.10. The van der Waals surface area contributed by atoms with Crippen molar-refractivity contribution in [3.05, 3.63) is 0 Å². The van der Waals surface area contributed by atoms with Crippen molar-refractivity contribution in [2.45, 2.75) is 6.92 Å². The van der Waals surface area contributed by atoms with Gasteiger partial charge in [-0.05, 0) is 0 Å². The fourth-order valence-corrected chi connectivity index (χ4v) is 0.967. The van der Waals surface area contributed by atoms with Crippen molar-refractivity contribution >= 4 is 12.0 Å². The number of urea groups is 1. The van der Waals surface area contributed by atoms with Crippen molar-refractivity contribution in [2.24, 2.45) is 5.92 Å². The number of carbonyl (C=O) groups is 2. The number of ether oxygens (including phenoxy) is 1. The van der Waals surface area contributed by atoms with Crippen LogP contribution in [-0.2, 0) is 9.53 Å². The van der Waals surface area contributed by atoms with Gasteiger partial charge in [-0.2, -0.15) is 0 Å². The standard InChI is InChI=1S/C9H18N2O4/c1-7(8(12)13)6-11(2)9(14)10-4-5-15-3/h7H,4-6H2,1-3H3,(H,10,14)(H,12,13). The van der Waals surface area contributed by atoms with Crippen molar-refractivity contribution in [3.63, 3.8) is 0 Å². The average molecular weight is 218 g/mol. The fraction of sp³-hybridized carbons (Fsp3) is 0.778. The van der Waals surface area contributed by atoms with Crippen LogP contribution < -0.4 is 5.32 Å². The summed E-state index contributed by atoms with van der Waals surface area (Å²) in [5.41, 5.74) is 0. The molecule has 0 heterocycles. The smallest absolute Gasteiger partial charge is 0.317 e. The summed E-state index contributed by atoms with van der Waals surface area (Å²) in [5.74, 6) is -1.48. The summed E-state index contributed by atoms with van der Waals surface area (Å²) >= 11 is 0. The Kier molecular flexibility index (Phi) is 6.44. The predicted octanol–water partition coefficient (Wildman–Crippen LogP) is -0.00510. The third-order valence-corrected chi connectivity index (χ3v) is 1.90. The number of hydrogen-bond acceptors (Lipinski definition) is 3. The second-order valence-corrected chi connectivity index (χ2v) is 3.34. The first-order valence-corrected chi connectivity index (χ1v) is 4.69. The van der Waals surface area contributed by atoms with Crippen molar-refractivity contribution in [1.82, 2.24) is 10.2 Å². The van der Waals surface area contributed by atoms with Crippen LogP contribution in [0.2, 0.25) is 0 Å². The maximum absolute atomic E-state index is 11.3. The van der Waals surface area contributed by atoms with E-state index in [0.29, 0.717) is 13.2 Å². The molecule has 0 aliphatic rings. The zero-order chi connectivity index (χ0) is 11.8. The maximum Gasteiger partial charge on any atom is 0.317 e. The highest BCUT2D eigenvalue weighted by atomic mass is 16.5. The van der Waals surface area contributed by atoms with Crippen LogP contribution >= 0.6 is 0 Å². The minimum absolute atomic E-state index is 0.189. The number of amides is 2. The van der Waals surface area contributed by atoms with Gasteiger partial charge in [-0.15, -0.1) is 0 Å². The van der Waals surface area contributed by atoms with E-state index in [4.69, 9.17) is 9.84 Å². The molecule has 0 fully saturated rings. The molecule has 15 heavy (non-hydrogen) atoms. The molecule has 2 N–H and O–H groups in total. The van der Waals surface area contributed by atoms with E-state index < -0.39 is 11.9 Å². The first-order chi connectivity index (χ1) is 6.99. The lowest BCUT2D eigenvalue weighted by molar-refractivity contribution is -0.141. The highest BCUT2D eigenvalue weighted by Crippen LogP contribution is 1.97. The number of methoxy groups -OCH3 is 1. The second kappa shape index (κ2) is 7.05. The van der Waals surface area contributed by atoms with Gasteiger partial charge in [0, 0.05) is 27.2 Å². The van der Waals surface area contributed by atoms with E-state index in [9.17, 15) is 9.59 Å². The summed E-state index contributed by atoms with van der Waals surface area (Å²) in [6.07, 6.45) is 0. The Hall–Kier alpha value is -1.30. The number of aliphatic carboxylic acids is 1. The highest BCUT2D eigenvalue weighted by molar-refractivity contribution is 5.75. The normalized spacial score (nSPS) is 11.9. The van der Waals surface area contributed by atoms with Crippen LogP contribution in [-0.4, -0.2) is 55.9 Å². The lowest BCUT2D eigenvalue weighted by Crippen LogP contribution is -2.41. The second-order valence-electron chi connectivity index (χ2n) is 3.34. The molecule has 0 aromatic carbocycles. The van der Waals surface area contributed by atoms with Crippen LogP contribution in [0.15, 0.2) is 0 Å². The highest BCUT2D eigenvalue weighted by Gasteiger charge is 2.16. The summed E-state index contributed by atoms with van der Waals surface area (Å²) in [6.45, 7) is 2.60. The van der Waals surface area contributed by atoms with Gasteiger partial charge in [0.05, 0.1) is 12.5 Å². The average Bonchev–Trinajstić information content (AvgIpc) is 2.17. The molecule has 6 nitrogen and oxygen atoms in total. The van der Waals surface area contributed by atoms with Crippen molar-refractivity contribution in [2.75, 3.05) is 33.9 Å². The molecule has 0 aromatic heterocycles. The van der Waals surface area contributed by atoms with Crippen molar-refractivity contribution in [1.29, 1.82) is 0 Å². The number of nitrogens with zero attached hydrogens (tertiary/aromatic N) is 1. The topological polar surface area (TPSA) is 78.9 Å². The molecular weight excluding hydrogens is 200 g/mol. The maximum atomic E-state index is 11.3. The third kappa shape index (κ3) is 5.90. The number of rotatable bonds is 6. The van der Waals surface area contributed by atoms with Gasteiger partial charge in [0.25, 0.3) is 0 Å². The van der Waals surface area contributed by atoms with E-state index in [1.165, 1.54) is 4.90 Å². The Morgan fingerprint density at radius 3 is 2.60 bits per heavy atom. The molecule has 0 saturated heterocycles. The first-order valence-electron chi connectivity index (χ1n) is 4.69. The Balaban J connectivity index is 3.83. The molecule has 0 aliphatic heterocycles. The van der Waals surface area contributed by atoms with Crippen molar-refractivity contribution < 1.29 is 19.4 Å². The van der Waals surface area contributed by atoms with Gasteiger partial charge in [-0.3, -0.25) is 4.79 Å². The Morgan fingerprint density at radius 2 is 2.13 bits per heavy atom. The number of carbonyl (C=O) groups excluding carboxylic acids is 1. The number of nitrogens with one attached hydrogen (secondary N) is 1. The van der Waals surface area contributed by atoms with Gasteiger partial charge in [-0.25, -0.2) is 4.79 Å². The minimum Gasteiger partial charge on any atom is -0.481 e. The fourth-order valence-electron chi connectivity index (χ4n) is 0.967. The summed E-state index contributed by atoms with van der Waals surface area (Å²) in [5, 5.41) is 11.2. The minimum atomic E-state index is -0.911. The van der Waals surface area contributed by atoms with E-state index >= 15 is 0 Å². The molecule has 88 valence electrons. The SMILES string of the molecule is COCCNC(=O)N(C)CC(C)C(=O)O. The lowest BCUT2D eigenvalue weighted by atomic mass is 10.2. The van der Waals surface area contributed by atoms with Crippen LogP contribution in [0.3, 0.4) is 0 Å². The molecule has 6 heteroatoms. The van der Waals surface area contributed by atoms with E-state index in [-0.39, 0.29) is 12.6 Å². The Morgan fingerprint density at radius 1 is 1.53 bits per heavy atom. The van der Waals surface area contributed by atoms with Gasteiger partial charge in [0.1, 0.15) is 0 Å². The van der Waals surface area contributed by atoms with Gasteiger partial charge < -0.3 is 20.1 Å². The van der Waals surface area contributed by atoms with Gasteiger partial charge in [-0.1, -0.05) is 6.92 Å². The summed E-state index contributed by atoms with van der Waals surface area (Å²) in [6, 6.07) is -0.292. The van der Waals surface area contributed by atoms with Crippen molar-refractivity contribution in [3.8, 4) is 0 Å². The zero-order valence-corrected chi connectivity index (χ0v) is 9.32. The molecule has 1 unspecified atom stereocenters. The lowest BCUT2D eigenvalue weighted by Gasteiger charge is -2.19. The van der Waals surface area contributed by atoms with Crippen LogP contribution in [0, 0.1) is 5.92 Å². The molecule has 0 radical (unpaired) electrons. The van der Waals surface area contributed by atoms with Gasteiger partial charge in [0.15, 0.2) is 0 Å². The Bertz CT molecular complexity index is 220.